The number of fused-ring (bicyclic) bond motifs is 1. The third-order valence-corrected chi connectivity index (χ3v) is 4.23. The van der Waals surface area contributed by atoms with Crippen LogP contribution in [0.4, 0.5) is 0 Å². The average molecular weight is 315 g/mol. The molecular formula is C17H21N3O3. The van der Waals surface area contributed by atoms with Crippen LogP contribution in [0.25, 0.3) is 10.9 Å². The molecule has 3 rings (SSSR count). The Labute approximate surface area is 134 Å². The largest absolute Gasteiger partial charge is 0.375 e. The quantitative estimate of drug-likeness (QED) is 0.859. The van der Waals surface area contributed by atoms with Crippen LogP contribution >= 0.6 is 0 Å². The molecule has 1 aromatic heterocycles. The Morgan fingerprint density at radius 3 is 2.96 bits per heavy atom. The number of benzene rings is 1. The zero-order valence-electron chi connectivity index (χ0n) is 13.4. The third-order valence-electron chi connectivity index (χ3n) is 4.23. The first-order chi connectivity index (χ1) is 11.1. The summed E-state index contributed by atoms with van der Waals surface area (Å²) >= 11 is 0. The summed E-state index contributed by atoms with van der Waals surface area (Å²) in [6, 6.07) is 7.31. The maximum atomic E-state index is 12.4. The summed E-state index contributed by atoms with van der Waals surface area (Å²) in [5.41, 5.74) is 0.572. The Hall–Kier alpha value is -2.21. The van der Waals surface area contributed by atoms with Gasteiger partial charge >= 0.3 is 0 Å². The van der Waals surface area contributed by atoms with Gasteiger partial charge in [-0.15, -0.1) is 0 Å². The molecule has 6 heteroatoms. The van der Waals surface area contributed by atoms with E-state index in [9.17, 15) is 9.59 Å². The van der Waals surface area contributed by atoms with Crippen molar-refractivity contribution in [2.45, 2.75) is 39.0 Å². The molecule has 122 valence electrons. The molecule has 1 amide bonds. The predicted molar refractivity (Wildman–Crippen MR) is 87.2 cm³/mol. The number of aryl methyl sites for hydroxylation is 1. The molecule has 6 nitrogen and oxygen atoms in total. The molecule has 2 heterocycles. The second kappa shape index (κ2) is 6.50. The van der Waals surface area contributed by atoms with E-state index in [-0.39, 0.29) is 30.0 Å². The highest BCUT2D eigenvalue weighted by atomic mass is 16.5. The number of carbonyl (C=O) groups excluding carboxylic acids is 1. The molecule has 0 bridgehead atoms. The molecule has 2 atom stereocenters. The van der Waals surface area contributed by atoms with Crippen molar-refractivity contribution in [1.82, 2.24) is 14.5 Å². The van der Waals surface area contributed by atoms with Crippen molar-refractivity contribution in [3.63, 3.8) is 0 Å². The van der Waals surface area contributed by atoms with Gasteiger partial charge in [0.2, 0.25) is 5.91 Å². The number of para-hydroxylation sites is 1. The van der Waals surface area contributed by atoms with Gasteiger partial charge in [0.05, 0.1) is 36.0 Å². The van der Waals surface area contributed by atoms with Crippen LogP contribution in [0.5, 0.6) is 0 Å². The van der Waals surface area contributed by atoms with Crippen molar-refractivity contribution in [2.75, 3.05) is 13.2 Å². The van der Waals surface area contributed by atoms with Crippen molar-refractivity contribution < 1.29 is 9.53 Å². The number of morpholine rings is 1. The molecular weight excluding hydrogens is 294 g/mol. The first-order valence-corrected chi connectivity index (χ1v) is 7.91. The van der Waals surface area contributed by atoms with Gasteiger partial charge in [0.1, 0.15) is 0 Å². The van der Waals surface area contributed by atoms with Gasteiger partial charge in [0.15, 0.2) is 0 Å². The van der Waals surface area contributed by atoms with Gasteiger partial charge in [0.25, 0.3) is 5.56 Å². The molecule has 0 N–H and O–H groups in total. The maximum absolute atomic E-state index is 12.4. The van der Waals surface area contributed by atoms with E-state index in [4.69, 9.17) is 4.74 Å². The van der Waals surface area contributed by atoms with Crippen LogP contribution in [0, 0.1) is 0 Å². The fourth-order valence-corrected chi connectivity index (χ4v) is 2.88. The Kier molecular flexibility index (Phi) is 4.43. The summed E-state index contributed by atoms with van der Waals surface area (Å²) in [6.07, 6.45) is 1.86. The van der Waals surface area contributed by atoms with Crippen LogP contribution in [0.2, 0.25) is 0 Å². The predicted octanol–water partition coefficient (Wildman–Crippen LogP) is 1.42. The van der Waals surface area contributed by atoms with Crippen molar-refractivity contribution >= 4 is 16.8 Å². The average Bonchev–Trinajstić information content (AvgIpc) is 2.56. The number of rotatable bonds is 3. The molecule has 1 aliphatic rings. The normalized spacial score (nSPS) is 21.6. The van der Waals surface area contributed by atoms with Crippen LogP contribution in [-0.4, -0.2) is 45.7 Å². The highest BCUT2D eigenvalue weighted by Crippen LogP contribution is 2.13. The van der Waals surface area contributed by atoms with E-state index in [0.29, 0.717) is 30.6 Å². The highest BCUT2D eigenvalue weighted by molar-refractivity contribution is 5.78. The number of amides is 1. The van der Waals surface area contributed by atoms with Crippen LogP contribution in [0.15, 0.2) is 35.4 Å². The lowest BCUT2D eigenvalue weighted by atomic mass is 10.2. The fourth-order valence-electron chi connectivity index (χ4n) is 2.88. The lowest BCUT2D eigenvalue weighted by Gasteiger charge is -2.36. The third kappa shape index (κ3) is 3.27. The molecule has 0 unspecified atom stereocenters. The smallest absolute Gasteiger partial charge is 0.261 e. The number of hydrogen-bond donors (Lipinski definition) is 0. The van der Waals surface area contributed by atoms with Crippen molar-refractivity contribution in [2.24, 2.45) is 0 Å². The molecule has 0 spiro atoms. The fraction of sp³-hybridized carbons (Fsp3) is 0.471. The molecule has 0 saturated carbocycles. The van der Waals surface area contributed by atoms with Gasteiger partial charge < -0.3 is 9.64 Å². The Morgan fingerprint density at radius 1 is 1.35 bits per heavy atom. The minimum absolute atomic E-state index is 0.0488. The summed E-state index contributed by atoms with van der Waals surface area (Å²) in [5, 5.41) is 0.579. The highest BCUT2D eigenvalue weighted by Gasteiger charge is 2.27. The molecule has 23 heavy (non-hydrogen) atoms. The van der Waals surface area contributed by atoms with E-state index < -0.39 is 0 Å². The second-order valence-corrected chi connectivity index (χ2v) is 6.05. The molecule has 1 saturated heterocycles. The van der Waals surface area contributed by atoms with Crippen LogP contribution in [0.3, 0.4) is 0 Å². The number of aromatic nitrogens is 2. The van der Waals surface area contributed by atoms with Gasteiger partial charge in [-0.2, -0.15) is 0 Å². The van der Waals surface area contributed by atoms with Gasteiger partial charge in [0, 0.05) is 19.5 Å². The number of hydrogen-bond acceptors (Lipinski definition) is 4. The first kappa shape index (κ1) is 15.7. The number of carbonyl (C=O) groups is 1. The summed E-state index contributed by atoms with van der Waals surface area (Å²) < 4.78 is 7.05. The topological polar surface area (TPSA) is 64.4 Å². The lowest BCUT2D eigenvalue weighted by Crippen LogP contribution is -2.50. The van der Waals surface area contributed by atoms with E-state index >= 15 is 0 Å². The number of ether oxygens (including phenoxy) is 1. The summed E-state index contributed by atoms with van der Waals surface area (Å²) in [6.45, 7) is 5.45. The lowest BCUT2D eigenvalue weighted by molar-refractivity contribution is -0.143. The molecule has 2 aromatic rings. The minimum Gasteiger partial charge on any atom is -0.375 e. The Balaban J connectivity index is 1.72. The first-order valence-electron chi connectivity index (χ1n) is 7.91. The van der Waals surface area contributed by atoms with E-state index in [2.05, 4.69) is 4.98 Å². The van der Waals surface area contributed by atoms with Crippen molar-refractivity contribution in [1.29, 1.82) is 0 Å². The SMILES string of the molecule is C[C@@H]1CO[C@@H](C)CN1C(=O)CCn1cnc2ccccc2c1=O. The monoisotopic (exact) mass is 315 g/mol. The van der Waals surface area contributed by atoms with Gasteiger partial charge in [-0.05, 0) is 26.0 Å². The van der Waals surface area contributed by atoms with Crippen molar-refractivity contribution in [3.05, 3.63) is 40.9 Å². The van der Waals surface area contributed by atoms with Gasteiger partial charge in [-0.3, -0.25) is 14.2 Å². The van der Waals surface area contributed by atoms with E-state index in [1.807, 2.05) is 36.9 Å². The van der Waals surface area contributed by atoms with Crippen molar-refractivity contribution in [3.8, 4) is 0 Å². The molecule has 0 radical (unpaired) electrons. The molecule has 1 aromatic carbocycles. The Bertz CT molecular complexity index is 771. The second-order valence-electron chi connectivity index (χ2n) is 6.05. The zero-order valence-corrected chi connectivity index (χ0v) is 13.4. The standard InChI is InChI=1S/C17H21N3O3/c1-12-10-23-13(2)9-20(12)16(21)7-8-19-11-18-15-6-4-3-5-14(15)17(19)22/h3-6,11-13H,7-10H2,1-2H3/t12-,13+/m1/s1. The maximum Gasteiger partial charge on any atom is 0.261 e. The zero-order chi connectivity index (χ0) is 16.4. The van der Waals surface area contributed by atoms with E-state index in [0.717, 1.165) is 0 Å². The van der Waals surface area contributed by atoms with E-state index in [1.54, 1.807) is 6.07 Å². The van der Waals surface area contributed by atoms with Crippen LogP contribution in [-0.2, 0) is 16.1 Å². The molecule has 1 fully saturated rings. The minimum atomic E-state index is -0.105. The molecule has 0 aliphatic carbocycles. The Morgan fingerprint density at radius 2 is 2.13 bits per heavy atom. The van der Waals surface area contributed by atoms with Crippen LogP contribution < -0.4 is 5.56 Å². The van der Waals surface area contributed by atoms with Gasteiger partial charge in [-0.25, -0.2) is 4.98 Å². The summed E-state index contributed by atoms with van der Waals surface area (Å²) in [7, 11) is 0. The van der Waals surface area contributed by atoms with E-state index in [1.165, 1.54) is 10.9 Å². The number of nitrogens with zero attached hydrogens (tertiary/aromatic N) is 3. The molecule has 1 aliphatic heterocycles. The summed E-state index contributed by atoms with van der Waals surface area (Å²) in [5.74, 6) is 0.0488. The van der Waals surface area contributed by atoms with Crippen LogP contribution in [0.1, 0.15) is 20.3 Å². The summed E-state index contributed by atoms with van der Waals surface area (Å²) in [4.78, 5) is 31.0. The van der Waals surface area contributed by atoms with Gasteiger partial charge in [-0.1, -0.05) is 12.1 Å².